The molecule has 0 bridgehead atoms. The van der Waals surface area contributed by atoms with Crippen molar-refractivity contribution in [2.45, 2.75) is 70.3 Å². The molecular formula is C15H28N2O. The molecule has 1 saturated heterocycles. The normalized spacial score (nSPS) is 28.7. The van der Waals surface area contributed by atoms with E-state index in [1.54, 1.807) is 0 Å². The predicted octanol–water partition coefficient (Wildman–Crippen LogP) is 2.61. The molecule has 1 aliphatic heterocycles. The van der Waals surface area contributed by atoms with Crippen molar-refractivity contribution >= 4 is 5.91 Å². The van der Waals surface area contributed by atoms with Gasteiger partial charge in [-0.3, -0.25) is 4.79 Å². The van der Waals surface area contributed by atoms with Gasteiger partial charge in [0, 0.05) is 6.54 Å². The van der Waals surface area contributed by atoms with Gasteiger partial charge >= 0.3 is 0 Å². The van der Waals surface area contributed by atoms with Crippen LogP contribution < -0.4 is 10.6 Å². The Morgan fingerprint density at radius 1 is 1.33 bits per heavy atom. The van der Waals surface area contributed by atoms with E-state index >= 15 is 0 Å². The van der Waals surface area contributed by atoms with Crippen LogP contribution in [0.2, 0.25) is 0 Å². The summed E-state index contributed by atoms with van der Waals surface area (Å²) in [5, 5.41) is 6.61. The summed E-state index contributed by atoms with van der Waals surface area (Å²) in [5.41, 5.74) is -0.246. The number of hydrogen-bond acceptors (Lipinski definition) is 2. The van der Waals surface area contributed by atoms with Crippen LogP contribution in [0.1, 0.15) is 64.7 Å². The quantitative estimate of drug-likeness (QED) is 0.763. The third-order valence-electron chi connectivity index (χ3n) is 4.67. The molecule has 0 spiro atoms. The topological polar surface area (TPSA) is 41.1 Å². The molecule has 2 aliphatic rings. The van der Waals surface area contributed by atoms with E-state index in [2.05, 4.69) is 17.6 Å². The number of carbonyl (C=O) groups excluding carboxylic acids is 1. The van der Waals surface area contributed by atoms with Gasteiger partial charge in [-0.15, -0.1) is 0 Å². The summed E-state index contributed by atoms with van der Waals surface area (Å²) in [6, 6.07) is 0. The van der Waals surface area contributed by atoms with E-state index in [1.807, 2.05) is 0 Å². The second-order valence-electron chi connectivity index (χ2n) is 6.06. The van der Waals surface area contributed by atoms with Gasteiger partial charge in [0.2, 0.25) is 5.91 Å². The molecule has 2 rings (SSSR count). The van der Waals surface area contributed by atoms with Gasteiger partial charge in [0.25, 0.3) is 0 Å². The fraction of sp³-hybridized carbons (Fsp3) is 0.933. The highest BCUT2D eigenvalue weighted by atomic mass is 16.2. The number of nitrogens with one attached hydrogen (secondary N) is 2. The van der Waals surface area contributed by atoms with Gasteiger partial charge < -0.3 is 10.6 Å². The van der Waals surface area contributed by atoms with Crippen LogP contribution in [0.5, 0.6) is 0 Å². The number of rotatable bonds is 6. The largest absolute Gasteiger partial charge is 0.354 e. The Kier molecular flexibility index (Phi) is 5.04. The van der Waals surface area contributed by atoms with Crippen LogP contribution >= 0.6 is 0 Å². The van der Waals surface area contributed by atoms with Crippen LogP contribution in [0.4, 0.5) is 0 Å². The van der Waals surface area contributed by atoms with Crippen LogP contribution in [0.25, 0.3) is 0 Å². The standard InChI is InChI=1S/C15H28N2O/c1-2-9-15(10-5-11-17-15)14(18)16-12-8-13-6-3-4-7-13/h13,17H,2-12H2,1H3,(H,16,18). The highest BCUT2D eigenvalue weighted by molar-refractivity contribution is 5.86. The minimum atomic E-state index is -0.246. The minimum Gasteiger partial charge on any atom is -0.354 e. The van der Waals surface area contributed by atoms with Crippen LogP contribution in [0.3, 0.4) is 0 Å². The van der Waals surface area contributed by atoms with Gasteiger partial charge in [0.1, 0.15) is 0 Å². The van der Waals surface area contributed by atoms with Crippen molar-refractivity contribution < 1.29 is 4.79 Å². The van der Waals surface area contributed by atoms with Crippen LogP contribution in [0.15, 0.2) is 0 Å². The Morgan fingerprint density at radius 3 is 2.72 bits per heavy atom. The van der Waals surface area contributed by atoms with Crippen molar-refractivity contribution in [3.05, 3.63) is 0 Å². The molecule has 3 nitrogen and oxygen atoms in total. The summed E-state index contributed by atoms with van der Waals surface area (Å²) in [7, 11) is 0. The molecule has 3 heteroatoms. The van der Waals surface area contributed by atoms with Crippen molar-refractivity contribution in [1.82, 2.24) is 10.6 Å². The molecule has 1 atom stereocenters. The van der Waals surface area contributed by atoms with E-state index in [0.29, 0.717) is 0 Å². The summed E-state index contributed by atoms with van der Waals surface area (Å²) in [6.45, 7) is 4.03. The molecule has 1 heterocycles. The lowest BCUT2D eigenvalue weighted by molar-refractivity contribution is -0.127. The maximum absolute atomic E-state index is 12.4. The first-order chi connectivity index (χ1) is 8.77. The molecule has 1 saturated carbocycles. The van der Waals surface area contributed by atoms with Crippen LogP contribution in [-0.2, 0) is 4.79 Å². The minimum absolute atomic E-state index is 0.246. The zero-order chi connectivity index (χ0) is 12.8. The van der Waals surface area contributed by atoms with Gasteiger partial charge in [-0.25, -0.2) is 0 Å². The molecule has 1 unspecified atom stereocenters. The van der Waals surface area contributed by atoms with Gasteiger partial charge in [-0.05, 0) is 38.1 Å². The lowest BCUT2D eigenvalue weighted by atomic mass is 9.90. The Hall–Kier alpha value is -0.570. The number of hydrogen-bond donors (Lipinski definition) is 2. The second-order valence-corrected chi connectivity index (χ2v) is 6.06. The average Bonchev–Trinajstić information content (AvgIpc) is 3.01. The smallest absolute Gasteiger partial charge is 0.240 e. The van der Waals surface area contributed by atoms with Gasteiger partial charge in [0.05, 0.1) is 5.54 Å². The zero-order valence-electron chi connectivity index (χ0n) is 11.8. The summed E-state index contributed by atoms with van der Waals surface area (Å²) in [6.07, 6.45) is 10.9. The molecule has 0 radical (unpaired) electrons. The summed E-state index contributed by atoms with van der Waals surface area (Å²) in [4.78, 5) is 12.4. The lowest BCUT2D eigenvalue weighted by Gasteiger charge is -2.28. The molecular weight excluding hydrogens is 224 g/mol. The first-order valence-electron chi connectivity index (χ1n) is 7.80. The SMILES string of the molecule is CCCC1(C(=O)NCCC2CCCC2)CCCN1. The van der Waals surface area contributed by atoms with Gasteiger partial charge in [-0.1, -0.05) is 39.0 Å². The Morgan fingerprint density at radius 2 is 2.11 bits per heavy atom. The Bertz CT molecular complexity index is 266. The maximum atomic E-state index is 12.4. The van der Waals surface area contributed by atoms with E-state index in [9.17, 15) is 4.79 Å². The summed E-state index contributed by atoms with van der Waals surface area (Å²) >= 11 is 0. The van der Waals surface area contributed by atoms with E-state index < -0.39 is 0 Å². The Balaban J connectivity index is 1.74. The van der Waals surface area contributed by atoms with Crippen molar-refractivity contribution in [1.29, 1.82) is 0 Å². The van der Waals surface area contributed by atoms with Crippen molar-refractivity contribution in [3.8, 4) is 0 Å². The molecule has 1 aliphatic carbocycles. The molecule has 2 N–H and O–H groups in total. The predicted molar refractivity (Wildman–Crippen MR) is 74.5 cm³/mol. The molecule has 0 aromatic rings. The molecule has 0 aromatic carbocycles. The van der Waals surface area contributed by atoms with E-state index in [4.69, 9.17) is 0 Å². The van der Waals surface area contributed by atoms with Gasteiger partial charge in [-0.2, -0.15) is 0 Å². The van der Waals surface area contributed by atoms with Crippen molar-refractivity contribution in [3.63, 3.8) is 0 Å². The van der Waals surface area contributed by atoms with Crippen molar-refractivity contribution in [2.24, 2.45) is 5.92 Å². The number of carbonyl (C=O) groups is 1. The molecule has 18 heavy (non-hydrogen) atoms. The summed E-state index contributed by atoms with van der Waals surface area (Å²) in [5.74, 6) is 1.11. The van der Waals surface area contributed by atoms with Crippen LogP contribution in [0, 0.1) is 5.92 Å². The van der Waals surface area contributed by atoms with Gasteiger partial charge in [0.15, 0.2) is 0 Å². The zero-order valence-corrected chi connectivity index (χ0v) is 11.8. The fourth-order valence-electron chi connectivity index (χ4n) is 3.61. The number of amides is 1. The lowest BCUT2D eigenvalue weighted by Crippen LogP contribution is -2.53. The monoisotopic (exact) mass is 252 g/mol. The van der Waals surface area contributed by atoms with Crippen LogP contribution in [-0.4, -0.2) is 24.5 Å². The third kappa shape index (κ3) is 3.25. The third-order valence-corrected chi connectivity index (χ3v) is 4.67. The molecule has 0 aromatic heterocycles. The molecule has 2 fully saturated rings. The van der Waals surface area contributed by atoms with E-state index in [0.717, 1.165) is 44.7 Å². The van der Waals surface area contributed by atoms with E-state index in [1.165, 1.54) is 32.1 Å². The summed E-state index contributed by atoms with van der Waals surface area (Å²) < 4.78 is 0. The molecule has 104 valence electrons. The first kappa shape index (κ1) is 13.9. The highest BCUT2D eigenvalue weighted by Gasteiger charge is 2.39. The highest BCUT2D eigenvalue weighted by Crippen LogP contribution is 2.28. The maximum Gasteiger partial charge on any atom is 0.240 e. The Labute approximate surface area is 111 Å². The molecule has 1 amide bonds. The second kappa shape index (κ2) is 6.55. The van der Waals surface area contributed by atoms with E-state index in [-0.39, 0.29) is 11.4 Å². The average molecular weight is 252 g/mol. The fourth-order valence-corrected chi connectivity index (χ4v) is 3.61. The van der Waals surface area contributed by atoms with Crippen molar-refractivity contribution in [2.75, 3.05) is 13.1 Å². The first-order valence-corrected chi connectivity index (χ1v) is 7.80.